The van der Waals surface area contributed by atoms with E-state index in [-0.39, 0.29) is 18.2 Å². The third-order valence-corrected chi connectivity index (χ3v) is 2.67. The van der Waals surface area contributed by atoms with Crippen molar-refractivity contribution in [3.63, 3.8) is 0 Å². The molecule has 0 bridgehead atoms. The van der Waals surface area contributed by atoms with Crippen LogP contribution < -0.4 is 0 Å². The minimum Gasteiger partial charge on any atom is -0.372 e. The molecule has 0 amide bonds. The zero-order valence-corrected chi connectivity index (χ0v) is 11.8. The van der Waals surface area contributed by atoms with Crippen LogP contribution in [-0.4, -0.2) is 39.1 Å². The van der Waals surface area contributed by atoms with Gasteiger partial charge in [-0.3, -0.25) is 4.68 Å². The van der Waals surface area contributed by atoms with Gasteiger partial charge in [0, 0.05) is 31.3 Å². The molecule has 21 heavy (non-hydrogen) atoms. The van der Waals surface area contributed by atoms with Gasteiger partial charge in [-0.1, -0.05) is 11.6 Å². The van der Waals surface area contributed by atoms with E-state index in [0.29, 0.717) is 11.5 Å². The standard InChI is InChI=1S/C12H12ClF3N4O/c1-20-6-8(5-17-20)9-4-10(13)19-11(18-9)2-3-21-7-12(14,15)16/h4-6H,2-3,7H2,1H3. The first-order valence-electron chi connectivity index (χ1n) is 6.00. The van der Waals surface area contributed by atoms with Crippen molar-refractivity contribution >= 4 is 11.6 Å². The highest BCUT2D eigenvalue weighted by Gasteiger charge is 2.27. The van der Waals surface area contributed by atoms with Gasteiger partial charge in [0.15, 0.2) is 0 Å². The van der Waals surface area contributed by atoms with Gasteiger partial charge >= 0.3 is 6.18 Å². The second kappa shape index (κ2) is 6.40. The lowest BCUT2D eigenvalue weighted by Crippen LogP contribution is -2.18. The molecule has 0 unspecified atom stereocenters. The lowest BCUT2D eigenvalue weighted by molar-refractivity contribution is -0.173. The Balaban J connectivity index is 2.02. The summed E-state index contributed by atoms with van der Waals surface area (Å²) in [6, 6.07) is 1.57. The van der Waals surface area contributed by atoms with E-state index in [9.17, 15) is 13.2 Å². The van der Waals surface area contributed by atoms with Gasteiger partial charge in [-0.25, -0.2) is 9.97 Å². The fourth-order valence-corrected chi connectivity index (χ4v) is 1.83. The Kier molecular flexibility index (Phi) is 4.79. The summed E-state index contributed by atoms with van der Waals surface area (Å²) in [5.41, 5.74) is 1.31. The lowest BCUT2D eigenvalue weighted by atomic mass is 10.2. The van der Waals surface area contributed by atoms with Gasteiger partial charge in [0.1, 0.15) is 17.6 Å². The van der Waals surface area contributed by atoms with Crippen molar-refractivity contribution in [2.45, 2.75) is 12.6 Å². The number of aryl methyl sites for hydroxylation is 1. The number of hydrogen-bond acceptors (Lipinski definition) is 4. The predicted octanol–water partition coefficient (Wildman–Crippen LogP) is 2.65. The second-order valence-corrected chi connectivity index (χ2v) is 4.70. The highest BCUT2D eigenvalue weighted by atomic mass is 35.5. The van der Waals surface area contributed by atoms with E-state index < -0.39 is 12.8 Å². The smallest absolute Gasteiger partial charge is 0.372 e. The van der Waals surface area contributed by atoms with Gasteiger partial charge in [0.25, 0.3) is 0 Å². The van der Waals surface area contributed by atoms with Crippen LogP contribution in [0.3, 0.4) is 0 Å². The third kappa shape index (κ3) is 4.98. The van der Waals surface area contributed by atoms with E-state index in [1.807, 2.05) is 0 Å². The molecule has 0 spiro atoms. The molecule has 9 heteroatoms. The van der Waals surface area contributed by atoms with Crippen molar-refractivity contribution < 1.29 is 17.9 Å². The number of nitrogens with zero attached hydrogens (tertiary/aromatic N) is 4. The molecule has 0 radical (unpaired) electrons. The van der Waals surface area contributed by atoms with Crippen LogP contribution in [0.1, 0.15) is 5.82 Å². The second-order valence-electron chi connectivity index (χ2n) is 4.31. The Morgan fingerprint density at radius 2 is 2.10 bits per heavy atom. The Morgan fingerprint density at radius 3 is 2.71 bits per heavy atom. The molecule has 0 fully saturated rings. The highest BCUT2D eigenvalue weighted by Crippen LogP contribution is 2.19. The van der Waals surface area contributed by atoms with E-state index in [4.69, 9.17) is 11.6 Å². The first-order valence-corrected chi connectivity index (χ1v) is 6.38. The maximum absolute atomic E-state index is 11.9. The molecule has 2 rings (SSSR count). The summed E-state index contributed by atoms with van der Waals surface area (Å²) < 4.78 is 42.0. The lowest BCUT2D eigenvalue weighted by Gasteiger charge is -2.07. The number of aromatic nitrogens is 4. The van der Waals surface area contributed by atoms with E-state index >= 15 is 0 Å². The van der Waals surface area contributed by atoms with Crippen molar-refractivity contribution in [3.8, 4) is 11.3 Å². The van der Waals surface area contributed by atoms with Crippen LogP contribution in [-0.2, 0) is 18.2 Å². The maximum Gasteiger partial charge on any atom is 0.411 e. The van der Waals surface area contributed by atoms with Crippen LogP contribution in [0.25, 0.3) is 11.3 Å². The number of rotatable bonds is 5. The molecule has 114 valence electrons. The summed E-state index contributed by atoms with van der Waals surface area (Å²) in [5.74, 6) is 0.323. The monoisotopic (exact) mass is 320 g/mol. The van der Waals surface area contributed by atoms with Crippen LogP contribution >= 0.6 is 11.6 Å². The summed E-state index contributed by atoms with van der Waals surface area (Å²) in [5, 5.41) is 4.24. The molecule has 2 aromatic heterocycles. The number of hydrogen-bond donors (Lipinski definition) is 0. The Morgan fingerprint density at radius 1 is 1.33 bits per heavy atom. The van der Waals surface area contributed by atoms with Gasteiger partial charge in [0.2, 0.25) is 0 Å². The van der Waals surface area contributed by atoms with Crippen LogP contribution in [0.2, 0.25) is 5.15 Å². The summed E-state index contributed by atoms with van der Waals surface area (Å²) in [6.07, 6.45) is -0.828. The van der Waals surface area contributed by atoms with E-state index in [2.05, 4.69) is 19.8 Å². The topological polar surface area (TPSA) is 52.8 Å². The molecule has 5 nitrogen and oxygen atoms in total. The molecule has 2 aromatic rings. The summed E-state index contributed by atoms with van der Waals surface area (Å²) in [6.45, 7) is -1.42. The fraction of sp³-hybridized carbons (Fsp3) is 0.417. The highest BCUT2D eigenvalue weighted by molar-refractivity contribution is 6.29. The van der Waals surface area contributed by atoms with Gasteiger partial charge in [-0.15, -0.1) is 0 Å². The zero-order chi connectivity index (χ0) is 15.5. The maximum atomic E-state index is 11.9. The summed E-state index contributed by atoms with van der Waals surface area (Å²) in [7, 11) is 1.76. The van der Waals surface area contributed by atoms with Crippen molar-refractivity contribution in [1.29, 1.82) is 0 Å². The van der Waals surface area contributed by atoms with E-state index in [1.165, 1.54) is 0 Å². The molecule has 0 aliphatic heterocycles. The van der Waals surface area contributed by atoms with Crippen molar-refractivity contribution in [1.82, 2.24) is 19.7 Å². The molecule has 0 aromatic carbocycles. The quantitative estimate of drug-likeness (QED) is 0.628. The van der Waals surface area contributed by atoms with Crippen LogP contribution in [0.5, 0.6) is 0 Å². The Hall–Kier alpha value is -1.67. The number of ether oxygens (including phenoxy) is 1. The van der Waals surface area contributed by atoms with Crippen molar-refractivity contribution in [2.24, 2.45) is 7.05 Å². The third-order valence-electron chi connectivity index (χ3n) is 2.48. The van der Waals surface area contributed by atoms with E-state index in [0.717, 1.165) is 5.56 Å². The Bertz CT molecular complexity index is 615. The SMILES string of the molecule is Cn1cc(-c2cc(Cl)nc(CCOCC(F)(F)F)n2)cn1. The summed E-state index contributed by atoms with van der Waals surface area (Å²) >= 11 is 5.89. The number of halogens is 4. The van der Waals surface area contributed by atoms with Crippen LogP contribution in [0.15, 0.2) is 18.5 Å². The average molecular weight is 321 g/mol. The minimum absolute atomic E-state index is 0.133. The number of alkyl halides is 3. The minimum atomic E-state index is -4.34. The van der Waals surface area contributed by atoms with Gasteiger partial charge in [-0.2, -0.15) is 18.3 Å². The van der Waals surface area contributed by atoms with Gasteiger partial charge in [-0.05, 0) is 0 Å². The molecule has 0 saturated heterocycles. The molecule has 0 aliphatic carbocycles. The molecule has 0 N–H and O–H groups in total. The average Bonchev–Trinajstić information content (AvgIpc) is 2.80. The first kappa shape index (κ1) is 15.7. The van der Waals surface area contributed by atoms with Gasteiger partial charge < -0.3 is 4.74 Å². The molecular weight excluding hydrogens is 309 g/mol. The largest absolute Gasteiger partial charge is 0.411 e. The molecule has 0 atom stereocenters. The van der Waals surface area contributed by atoms with Crippen molar-refractivity contribution in [2.75, 3.05) is 13.2 Å². The van der Waals surface area contributed by atoms with Crippen molar-refractivity contribution in [3.05, 3.63) is 29.4 Å². The zero-order valence-electron chi connectivity index (χ0n) is 11.1. The Labute approximate surface area is 123 Å². The normalized spacial score (nSPS) is 11.9. The van der Waals surface area contributed by atoms with Crippen LogP contribution in [0.4, 0.5) is 13.2 Å². The van der Waals surface area contributed by atoms with Crippen LogP contribution in [0, 0.1) is 0 Å². The van der Waals surface area contributed by atoms with Gasteiger partial charge in [0.05, 0.1) is 18.5 Å². The fourth-order valence-electron chi connectivity index (χ4n) is 1.63. The summed E-state index contributed by atoms with van der Waals surface area (Å²) in [4.78, 5) is 8.21. The van der Waals surface area contributed by atoms with E-state index in [1.54, 1.807) is 30.2 Å². The predicted molar refractivity (Wildman–Crippen MR) is 69.8 cm³/mol. The molecule has 0 aliphatic rings. The first-order chi connectivity index (χ1) is 9.83. The molecule has 2 heterocycles. The molecule has 0 saturated carbocycles. The molecular formula is C12H12ClF3N4O.